The first-order chi connectivity index (χ1) is 21.6. The summed E-state index contributed by atoms with van der Waals surface area (Å²) in [6.07, 6.45) is 9.70. The van der Waals surface area contributed by atoms with Gasteiger partial charge in [-0.25, -0.2) is 4.39 Å². The number of hydrogen-bond donors (Lipinski definition) is 0. The van der Waals surface area contributed by atoms with Crippen molar-refractivity contribution in [2.75, 3.05) is 7.11 Å². The van der Waals surface area contributed by atoms with Gasteiger partial charge in [-0.1, -0.05) is 23.8 Å². The predicted molar refractivity (Wildman–Crippen MR) is 173 cm³/mol. The van der Waals surface area contributed by atoms with E-state index >= 15 is 0 Å². The van der Waals surface area contributed by atoms with Gasteiger partial charge < -0.3 is 23.4 Å². The zero-order valence-corrected chi connectivity index (χ0v) is 25.9. The fourth-order valence-electron chi connectivity index (χ4n) is 5.37. The Morgan fingerprint density at radius 1 is 0.933 bits per heavy atom. The number of rotatable bonds is 9. The number of ether oxygens (including phenoxy) is 4. The molecule has 0 saturated carbocycles. The average Bonchev–Trinajstić information content (AvgIpc) is 3.01. The van der Waals surface area contributed by atoms with Crippen LogP contribution in [0.3, 0.4) is 0 Å². The summed E-state index contributed by atoms with van der Waals surface area (Å²) in [7, 11) is 1.55. The third-order valence-electron chi connectivity index (χ3n) is 7.61. The van der Waals surface area contributed by atoms with Crippen LogP contribution in [0.15, 0.2) is 87.9 Å². The maximum Gasteiger partial charge on any atom is 0.204 e. The highest BCUT2D eigenvalue weighted by Crippen LogP contribution is 2.44. The van der Waals surface area contributed by atoms with Gasteiger partial charge in [0.15, 0.2) is 11.5 Å². The molecule has 0 bridgehead atoms. The summed E-state index contributed by atoms with van der Waals surface area (Å²) in [5.41, 5.74) is 3.90. The van der Waals surface area contributed by atoms with Crippen LogP contribution in [0, 0.1) is 5.82 Å². The van der Waals surface area contributed by atoms with Gasteiger partial charge in [-0.05, 0) is 81.7 Å². The topological polar surface area (TPSA) is 80.0 Å². The van der Waals surface area contributed by atoms with E-state index in [2.05, 4.69) is 4.98 Å². The Morgan fingerprint density at radius 3 is 2.33 bits per heavy atom. The van der Waals surface area contributed by atoms with Crippen LogP contribution >= 0.6 is 0 Å². The minimum atomic E-state index is -0.563. The molecule has 0 N–H and O–H groups in total. The largest absolute Gasteiger partial charge is 0.493 e. The molecular weight excluding hydrogens is 573 g/mol. The summed E-state index contributed by atoms with van der Waals surface area (Å²) < 4.78 is 44.8. The lowest BCUT2D eigenvalue weighted by Gasteiger charge is -2.29. The Morgan fingerprint density at radius 2 is 1.62 bits per heavy atom. The quantitative estimate of drug-likeness (QED) is 0.123. The van der Waals surface area contributed by atoms with E-state index in [1.807, 2.05) is 58.1 Å². The number of hydrogen-bond acceptors (Lipinski definition) is 7. The predicted octanol–water partition coefficient (Wildman–Crippen LogP) is 8.34. The van der Waals surface area contributed by atoms with Crippen LogP contribution in [0.5, 0.6) is 23.0 Å². The van der Waals surface area contributed by atoms with Crippen molar-refractivity contribution in [3.05, 3.63) is 117 Å². The minimum Gasteiger partial charge on any atom is -0.493 e. The maximum absolute atomic E-state index is 14.6. The van der Waals surface area contributed by atoms with Gasteiger partial charge in [0.2, 0.25) is 5.43 Å². The van der Waals surface area contributed by atoms with E-state index in [1.54, 1.807) is 43.8 Å². The van der Waals surface area contributed by atoms with E-state index in [9.17, 15) is 9.18 Å². The van der Waals surface area contributed by atoms with E-state index in [-0.39, 0.29) is 24.5 Å². The molecule has 0 saturated heterocycles. The highest BCUT2D eigenvalue weighted by molar-refractivity contribution is 5.99. The number of allylic oxidation sites excluding steroid dienone is 2. The van der Waals surface area contributed by atoms with Gasteiger partial charge in [0, 0.05) is 30.1 Å². The van der Waals surface area contributed by atoms with Crippen molar-refractivity contribution in [1.82, 2.24) is 4.98 Å². The van der Waals surface area contributed by atoms with E-state index < -0.39 is 5.60 Å². The Balaban J connectivity index is 1.58. The SMILES string of the molecule is COc1c(OCc2ccc(F)cc2)cc2oc3cc4c(c(OCc5ccncc5)c3c(=O)c2c1CC=C(C)C)C=CC(C)(C)O4. The Labute approximate surface area is 260 Å². The van der Waals surface area contributed by atoms with Crippen LogP contribution < -0.4 is 24.4 Å². The molecule has 3 aromatic carbocycles. The molecule has 230 valence electrons. The van der Waals surface area contributed by atoms with Gasteiger partial charge >= 0.3 is 0 Å². The van der Waals surface area contributed by atoms with Crippen molar-refractivity contribution in [3.8, 4) is 23.0 Å². The van der Waals surface area contributed by atoms with E-state index in [4.69, 9.17) is 23.4 Å². The summed E-state index contributed by atoms with van der Waals surface area (Å²) in [6.45, 7) is 8.28. The van der Waals surface area contributed by atoms with Crippen LogP contribution in [-0.2, 0) is 19.6 Å². The molecule has 0 amide bonds. The molecule has 6 rings (SSSR count). The number of fused-ring (bicyclic) bond motifs is 3. The summed E-state index contributed by atoms with van der Waals surface area (Å²) in [6, 6.07) is 13.2. The van der Waals surface area contributed by atoms with Crippen LogP contribution in [0.25, 0.3) is 28.0 Å². The molecule has 1 aliphatic heterocycles. The summed E-state index contributed by atoms with van der Waals surface area (Å²) >= 11 is 0. The zero-order valence-electron chi connectivity index (χ0n) is 25.9. The van der Waals surface area contributed by atoms with Gasteiger partial charge in [-0.3, -0.25) is 9.78 Å². The third kappa shape index (κ3) is 6.13. The van der Waals surface area contributed by atoms with Crippen LogP contribution in [0.1, 0.15) is 49.9 Å². The van der Waals surface area contributed by atoms with E-state index in [1.165, 1.54) is 12.1 Å². The van der Waals surface area contributed by atoms with Crippen molar-refractivity contribution in [2.24, 2.45) is 0 Å². The molecule has 2 aromatic heterocycles. The highest BCUT2D eigenvalue weighted by Gasteiger charge is 2.29. The summed E-state index contributed by atoms with van der Waals surface area (Å²) in [5.74, 6) is 1.44. The highest BCUT2D eigenvalue weighted by atomic mass is 19.1. The zero-order chi connectivity index (χ0) is 31.7. The Hall–Kier alpha value is -5.11. The standard InChI is InChI=1S/C37H34FNO6/c1-22(2)6-11-27-32-29(19-31(35(27)41-5)42-20-23-7-9-25(38)10-8-23)44-30-18-28-26(12-15-37(3,4)45-28)36(33(30)34(32)40)43-21-24-13-16-39-17-14-24/h6-10,12-19H,11,20-21H2,1-5H3. The van der Waals surface area contributed by atoms with Crippen LogP contribution in [-0.4, -0.2) is 17.7 Å². The second kappa shape index (κ2) is 12.1. The van der Waals surface area contributed by atoms with E-state index in [0.717, 1.165) is 16.7 Å². The normalized spacial score (nSPS) is 13.3. The number of aromatic nitrogens is 1. The molecular formula is C37H34FNO6. The smallest absolute Gasteiger partial charge is 0.204 e. The Bertz CT molecular complexity index is 2010. The lowest BCUT2D eigenvalue weighted by molar-refractivity contribution is 0.158. The van der Waals surface area contributed by atoms with E-state index in [0.29, 0.717) is 62.5 Å². The number of benzene rings is 3. The average molecular weight is 608 g/mol. The first-order valence-electron chi connectivity index (χ1n) is 14.7. The lowest BCUT2D eigenvalue weighted by atomic mass is 9.97. The lowest BCUT2D eigenvalue weighted by Crippen LogP contribution is -2.27. The molecule has 8 heteroatoms. The van der Waals surface area contributed by atoms with Crippen molar-refractivity contribution in [2.45, 2.75) is 52.9 Å². The Kier molecular flexibility index (Phi) is 8.06. The molecule has 45 heavy (non-hydrogen) atoms. The van der Waals surface area contributed by atoms with Crippen molar-refractivity contribution in [1.29, 1.82) is 0 Å². The van der Waals surface area contributed by atoms with Crippen LogP contribution in [0.2, 0.25) is 0 Å². The maximum atomic E-state index is 14.6. The van der Waals surface area contributed by atoms with Crippen molar-refractivity contribution in [3.63, 3.8) is 0 Å². The van der Waals surface area contributed by atoms with Crippen molar-refractivity contribution < 1.29 is 27.8 Å². The van der Waals surface area contributed by atoms with Gasteiger partial charge in [-0.2, -0.15) is 0 Å². The second-order valence-electron chi connectivity index (χ2n) is 11.8. The minimum absolute atomic E-state index is 0.164. The molecule has 1 aliphatic rings. The molecule has 0 fully saturated rings. The molecule has 0 unspecified atom stereocenters. The second-order valence-corrected chi connectivity index (χ2v) is 11.8. The first kappa shape index (κ1) is 29.9. The summed E-state index contributed by atoms with van der Waals surface area (Å²) in [4.78, 5) is 18.7. The molecule has 0 spiro atoms. The van der Waals surface area contributed by atoms with Gasteiger partial charge in [0.1, 0.15) is 52.7 Å². The molecule has 3 heterocycles. The molecule has 0 aliphatic carbocycles. The van der Waals surface area contributed by atoms with Gasteiger partial charge in [0.25, 0.3) is 0 Å². The van der Waals surface area contributed by atoms with Gasteiger partial charge in [0.05, 0.1) is 18.1 Å². The number of nitrogens with zero attached hydrogens (tertiary/aromatic N) is 1. The molecule has 0 radical (unpaired) electrons. The fraction of sp³-hybridized carbons (Fsp3) is 0.243. The first-order valence-corrected chi connectivity index (χ1v) is 14.7. The number of pyridine rings is 1. The fourth-order valence-corrected chi connectivity index (χ4v) is 5.37. The third-order valence-corrected chi connectivity index (χ3v) is 7.61. The monoisotopic (exact) mass is 607 g/mol. The van der Waals surface area contributed by atoms with Gasteiger partial charge in [-0.15, -0.1) is 0 Å². The molecule has 0 atom stereocenters. The summed E-state index contributed by atoms with van der Waals surface area (Å²) in [5, 5.41) is 0.685. The van der Waals surface area contributed by atoms with Crippen molar-refractivity contribution >= 4 is 28.0 Å². The number of methoxy groups -OCH3 is 1. The number of halogens is 1. The molecule has 5 aromatic rings. The molecule has 7 nitrogen and oxygen atoms in total. The van der Waals surface area contributed by atoms with Crippen LogP contribution in [0.4, 0.5) is 4.39 Å².